The number of aromatic nitrogens is 4. The Balaban J connectivity index is 1.44. The summed E-state index contributed by atoms with van der Waals surface area (Å²) in [5.74, 6) is -1.29. The number of nitrogens with zero attached hydrogens (tertiary/aromatic N) is 4. The van der Waals surface area contributed by atoms with Gasteiger partial charge in [-0.1, -0.05) is 18.2 Å². The lowest BCUT2D eigenvalue weighted by atomic mass is 10.1. The first-order valence-electron chi connectivity index (χ1n) is 9.49. The van der Waals surface area contributed by atoms with Crippen molar-refractivity contribution >= 4 is 23.3 Å². The summed E-state index contributed by atoms with van der Waals surface area (Å²) in [7, 11) is 0. The van der Waals surface area contributed by atoms with Gasteiger partial charge in [0.05, 0.1) is 5.56 Å². The number of fused-ring (bicyclic) bond motifs is 1. The maximum atomic E-state index is 12.7. The lowest BCUT2D eigenvalue weighted by Crippen LogP contribution is -2.25. The molecular weight excluding hydrogens is 398 g/mol. The number of carbonyl (C=O) groups excluding carboxylic acids is 3. The van der Waals surface area contributed by atoms with Gasteiger partial charge in [0.1, 0.15) is 6.33 Å². The number of carbonyl (C=O) groups is 3. The van der Waals surface area contributed by atoms with E-state index in [1.165, 1.54) is 12.5 Å². The molecule has 0 aliphatic rings. The third-order valence-corrected chi connectivity index (χ3v) is 4.84. The molecular formula is C22H19N5O4. The average Bonchev–Trinajstić information content (AvgIpc) is 3.37. The van der Waals surface area contributed by atoms with Crippen LogP contribution in [0.2, 0.25) is 0 Å². The normalized spacial score (nSPS) is 10.8. The number of hydrogen-bond donors (Lipinski definition) is 1. The van der Waals surface area contributed by atoms with Crippen molar-refractivity contribution < 1.29 is 19.1 Å². The van der Waals surface area contributed by atoms with E-state index in [4.69, 9.17) is 4.74 Å². The van der Waals surface area contributed by atoms with Crippen LogP contribution in [0.4, 0.5) is 0 Å². The third-order valence-electron chi connectivity index (χ3n) is 4.84. The Kier molecular flexibility index (Phi) is 5.31. The Morgan fingerprint density at radius 1 is 1.03 bits per heavy atom. The predicted molar refractivity (Wildman–Crippen MR) is 112 cm³/mol. The van der Waals surface area contributed by atoms with Gasteiger partial charge in [-0.2, -0.15) is 0 Å². The van der Waals surface area contributed by atoms with Gasteiger partial charge in [0.2, 0.25) is 5.78 Å². The minimum Gasteiger partial charge on any atom is -0.454 e. The van der Waals surface area contributed by atoms with Crippen LogP contribution in [0.25, 0.3) is 5.65 Å². The number of aryl methyl sites for hydroxylation is 1. The van der Waals surface area contributed by atoms with E-state index < -0.39 is 12.6 Å². The van der Waals surface area contributed by atoms with E-state index in [9.17, 15) is 14.4 Å². The summed E-state index contributed by atoms with van der Waals surface area (Å²) in [6.45, 7) is 3.07. The molecule has 1 amide bonds. The number of nitrogens with one attached hydrogen (secondary N) is 1. The van der Waals surface area contributed by atoms with Crippen LogP contribution in [0, 0.1) is 13.8 Å². The maximum Gasteiger partial charge on any atom is 0.340 e. The zero-order valence-electron chi connectivity index (χ0n) is 16.9. The zero-order valence-corrected chi connectivity index (χ0v) is 16.9. The molecule has 0 saturated heterocycles. The van der Waals surface area contributed by atoms with Crippen LogP contribution >= 0.6 is 0 Å². The molecule has 1 aromatic carbocycles. The zero-order chi connectivity index (χ0) is 22.0. The molecule has 9 heteroatoms. The molecule has 0 unspecified atom stereocenters. The molecule has 0 saturated carbocycles. The van der Waals surface area contributed by atoms with Gasteiger partial charge < -0.3 is 4.74 Å². The molecule has 31 heavy (non-hydrogen) atoms. The summed E-state index contributed by atoms with van der Waals surface area (Å²) in [4.78, 5) is 37.4. The van der Waals surface area contributed by atoms with Gasteiger partial charge in [-0.25, -0.2) is 4.79 Å². The highest BCUT2D eigenvalue weighted by atomic mass is 16.5. The highest BCUT2D eigenvalue weighted by molar-refractivity contribution is 6.02. The predicted octanol–water partition coefficient (Wildman–Crippen LogP) is 2.57. The lowest BCUT2D eigenvalue weighted by molar-refractivity contribution is 0.0474. The van der Waals surface area contributed by atoms with E-state index in [1.807, 2.05) is 6.07 Å². The van der Waals surface area contributed by atoms with Gasteiger partial charge >= 0.3 is 5.97 Å². The fourth-order valence-electron chi connectivity index (χ4n) is 3.21. The quantitative estimate of drug-likeness (QED) is 0.382. The molecule has 1 N–H and O–H groups in total. The molecule has 0 aliphatic heterocycles. The van der Waals surface area contributed by atoms with Crippen LogP contribution in [0.1, 0.15) is 42.5 Å². The number of hydrogen-bond acceptors (Lipinski definition) is 6. The molecule has 0 aliphatic carbocycles. The number of rotatable bonds is 6. The first kappa shape index (κ1) is 20.0. The molecule has 4 aromatic rings. The molecule has 0 bridgehead atoms. The van der Waals surface area contributed by atoms with Gasteiger partial charge in [-0.15, -0.1) is 10.2 Å². The molecule has 3 aromatic heterocycles. The van der Waals surface area contributed by atoms with Gasteiger partial charge in [-0.3, -0.25) is 24.1 Å². The Hall–Kier alpha value is -4.27. The number of Topliss-reactive ketones (excluding diaryl/α,β-unsaturated/α-hetero) is 1. The first-order valence-corrected chi connectivity index (χ1v) is 9.49. The van der Waals surface area contributed by atoms with Crippen molar-refractivity contribution in [3.8, 4) is 0 Å². The summed E-state index contributed by atoms with van der Waals surface area (Å²) in [6.07, 6.45) is 3.00. The summed E-state index contributed by atoms with van der Waals surface area (Å²) in [6, 6.07) is 13.6. The number of pyridine rings is 1. The second kappa shape index (κ2) is 8.23. The second-order valence-corrected chi connectivity index (χ2v) is 6.94. The highest BCUT2D eigenvalue weighted by Gasteiger charge is 2.19. The topological polar surface area (TPSA) is 108 Å². The number of amides is 1. The fraction of sp³-hybridized carbons (Fsp3) is 0.136. The van der Waals surface area contributed by atoms with Crippen molar-refractivity contribution in [1.82, 2.24) is 19.3 Å². The number of ether oxygens (including phenoxy) is 1. The molecule has 0 radical (unpaired) electrons. The van der Waals surface area contributed by atoms with Gasteiger partial charge in [-0.05, 0) is 44.2 Å². The molecule has 0 atom stereocenters. The van der Waals surface area contributed by atoms with E-state index in [0.717, 1.165) is 0 Å². The number of esters is 1. The average molecular weight is 417 g/mol. The van der Waals surface area contributed by atoms with Gasteiger partial charge in [0.25, 0.3) is 5.91 Å². The number of ketones is 1. The standard InChI is InChI=1S/C22H19N5O4/c1-14-10-18(15(2)27(14)25-21(29)16-6-4-3-5-7-16)19(28)12-31-22(30)17-8-9-20-24-23-13-26(20)11-17/h3-11,13H,12H2,1-2H3,(H,25,29). The SMILES string of the molecule is Cc1cc(C(=O)COC(=O)c2ccc3nncn3c2)c(C)n1NC(=O)c1ccccc1. The minimum atomic E-state index is -0.630. The summed E-state index contributed by atoms with van der Waals surface area (Å²) < 4.78 is 8.32. The van der Waals surface area contributed by atoms with Gasteiger partial charge in [0.15, 0.2) is 12.3 Å². The molecule has 4 rings (SSSR count). The van der Waals surface area contributed by atoms with Crippen molar-refractivity contribution in [3.05, 3.63) is 89.1 Å². The van der Waals surface area contributed by atoms with Crippen molar-refractivity contribution in [2.24, 2.45) is 0 Å². The number of benzene rings is 1. The summed E-state index contributed by atoms with van der Waals surface area (Å²) in [5.41, 5.74) is 5.75. The summed E-state index contributed by atoms with van der Waals surface area (Å²) in [5, 5.41) is 7.62. The van der Waals surface area contributed by atoms with Crippen LogP contribution in [0.3, 0.4) is 0 Å². The van der Waals surface area contributed by atoms with Crippen LogP contribution in [-0.4, -0.2) is 43.5 Å². The summed E-state index contributed by atoms with van der Waals surface area (Å²) >= 11 is 0. The van der Waals surface area contributed by atoms with Crippen molar-refractivity contribution in [1.29, 1.82) is 0 Å². The maximum absolute atomic E-state index is 12.7. The van der Waals surface area contributed by atoms with Crippen molar-refractivity contribution in [3.63, 3.8) is 0 Å². The van der Waals surface area contributed by atoms with Crippen LogP contribution in [0.15, 0.2) is 61.1 Å². The van der Waals surface area contributed by atoms with E-state index in [-0.39, 0.29) is 17.3 Å². The minimum absolute atomic E-state index is 0.278. The Morgan fingerprint density at radius 3 is 2.58 bits per heavy atom. The molecule has 9 nitrogen and oxygen atoms in total. The van der Waals surface area contributed by atoms with Crippen molar-refractivity contribution in [2.75, 3.05) is 12.0 Å². The Morgan fingerprint density at radius 2 is 1.81 bits per heavy atom. The smallest absolute Gasteiger partial charge is 0.340 e. The molecule has 0 spiro atoms. The van der Waals surface area contributed by atoms with E-state index in [0.29, 0.717) is 28.2 Å². The molecule has 156 valence electrons. The van der Waals surface area contributed by atoms with E-state index in [2.05, 4.69) is 15.6 Å². The fourth-order valence-corrected chi connectivity index (χ4v) is 3.21. The van der Waals surface area contributed by atoms with Crippen LogP contribution in [0.5, 0.6) is 0 Å². The Bertz CT molecular complexity index is 1290. The monoisotopic (exact) mass is 417 g/mol. The van der Waals surface area contributed by atoms with Gasteiger partial charge in [0, 0.05) is 28.7 Å². The van der Waals surface area contributed by atoms with E-state index >= 15 is 0 Å². The third kappa shape index (κ3) is 4.06. The Labute approximate surface area is 177 Å². The first-order chi connectivity index (χ1) is 14.9. The molecule has 0 fully saturated rings. The van der Waals surface area contributed by atoms with Crippen LogP contribution < -0.4 is 5.43 Å². The van der Waals surface area contributed by atoms with Crippen molar-refractivity contribution in [2.45, 2.75) is 13.8 Å². The highest BCUT2D eigenvalue weighted by Crippen LogP contribution is 2.16. The van der Waals surface area contributed by atoms with Crippen LogP contribution in [-0.2, 0) is 4.74 Å². The largest absolute Gasteiger partial charge is 0.454 e. The van der Waals surface area contributed by atoms with E-state index in [1.54, 1.807) is 65.4 Å². The second-order valence-electron chi connectivity index (χ2n) is 6.94. The molecule has 3 heterocycles. The lowest BCUT2D eigenvalue weighted by Gasteiger charge is -2.11.